The minimum absolute atomic E-state index is 0.0466. The molecule has 1 aromatic rings. The molecule has 1 aliphatic rings. The van der Waals surface area contributed by atoms with Crippen LogP contribution in [-0.2, 0) is 4.74 Å². The normalized spacial score (nSPS) is 15.3. The Morgan fingerprint density at radius 3 is 2.30 bits per heavy atom. The van der Waals surface area contributed by atoms with Crippen LogP contribution in [0.25, 0.3) is 0 Å². The number of hydrogen-bond acceptors (Lipinski definition) is 5. The molecule has 1 fully saturated rings. The summed E-state index contributed by atoms with van der Waals surface area (Å²) in [5.74, 6) is -0.0466. The van der Waals surface area contributed by atoms with Crippen molar-refractivity contribution in [2.45, 2.75) is 20.8 Å². The third-order valence-electron chi connectivity index (χ3n) is 3.30. The fourth-order valence-corrected chi connectivity index (χ4v) is 2.89. The number of nitrogens with zero attached hydrogens (tertiary/aromatic N) is 3. The maximum absolute atomic E-state index is 12.3. The van der Waals surface area contributed by atoms with Gasteiger partial charge < -0.3 is 14.5 Å². The second-order valence-corrected chi connectivity index (χ2v) is 5.84. The van der Waals surface area contributed by atoms with E-state index < -0.39 is 0 Å². The molecule has 0 saturated carbocycles. The maximum atomic E-state index is 12.3. The van der Waals surface area contributed by atoms with Crippen LogP contribution < -0.4 is 0 Å². The van der Waals surface area contributed by atoms with Gasteiger partial charge in [-0.2, -0.15) is 0 Å². The average molecular weight is 297 g/mol. The van der Waals surface area contributed by atoms with Crippen molar-refractivity contribution < 1.29 is 14.3 Å². The van der Waals surface area contributed by atoms with Gasteiger partial charge in [0, 0.05) is 31.1 Å². The summed E-state index contributed by atoms with van der Waals surface area (Å²) in [5, 5.41) is 0.532. The molecule has 2 rings (SSSR count). The first-order valence-corrected chi connectivity index (χ1v) is 7.49. The molecule has 0 unspecified atom stereocenters. The SMILES string of the molecule is CCOC(=O)N1CCN(C(=O)c2nc(C)c(C)s2)CC1. The summed E-state index contributed by atoms with van der Waals surface area (Å²) < 4.78 is 4.95. The third-order valence-corrected chi connectivity index (χ3v) is 4.37. The topological polar surface area (TPSA) is 62.7 Å². The molecular weight excluding hydrogens is 278 g/mol. The molecule has 0 bridgehead atoms. The van der Waals surface area contributed by atoms with Crippen molar-refractivity contribution >= 4 is 23.3 Å². The zero-order valence-electron chi connectivity index (χ0n) is 12.0. The van der Waals surface area contributed by atoms with E-state index in [4.69, 9.17) is 4.74 Å². The van der Waals surface area contributed by atoms with E-state index in [9.17, 15) is 9.59 Å². The van der Waals surface area contributed by atoms with E-state index in [1.165, 1.54) is 11.3 Å². The van der Waals surface area contributed by atoms with Crippen molar-refractivity contribution in [3.63, 3.8) is 0 Å². The van der Waals surface area contributed by atoms with Gasteiger partial charge in [-0.05, 0) is 20.8 Å². The fourth-order valence-electron chi connectivity index (χ4n) is 2.01. The second kappa shape index (κ2) is 6.21. The minimum atomic E-state index is -0.305. The molecule has 7 heteroatoms. The predicted molar refractivity (Wildman–Crippen MR) is 76.1 cm³/mol. The van der Waals surface area contributed by atoms with Crippen LogP contribution in [0, 0.1) is 13.8 Å². The van der Waals surface area contributed by atoms with Crippen molar-refractivity contribution in [2.75, 3.05) is 32.8 Å². The van der Waals surface area contributed by atoms with Crippen molar-refractivity contribution in [3.05, 3.63) is 15.6 Å². The number of amides is 2. The summed E-state index contributed by atoms with van der Waals surface area (Å²) in [6, 6.07) is 0. The van der Waals surface area contributed by atoms with Gasteiger partial charge in [0.05, 0.1) is 12.3 Å². The van der Waals surface area contributed by atoms with Gasteiger partial charge >= 0.3 is 6.09 Å². The first-order chi connectivity index (χ1) is 9.52. The molecule has 0 N–H and O–H groups in total. The molecule has 1 aromatic heterocycles. The van der Waals surface area contributed by atoms with Crippen molar-refractivity contribution in [1.82, 2.24) is 14.8 Å². The van der Waals surface area contributed by atoms with Gasteiger partial charge in [-0.25, -0.2) is 9.78 Å². The van der Waals surface area contributed by atoms with Gasteiger partial charge in [0.25, 0.3) is 5.91 Å². The van der Waals surface area contributed by atoms with E-state index in [1.807, 2.05) is 13.8 Å². The van der Waals surface area contributed by atoms with Gasteiger partial charge in [0.15, 0.2) is 5.01 Å². The predicted octanol–water partition coefficient (Wildman–Crippen LogP) is 1.67. The van der Waals surface area contributed by atoms with Crippen LogP contribution in [0.15, 0.2) is 0 Å². The van der Waals surface area contributed by atoms with Gasteiger partial charge in [-0.3, -0.25) is 4.79 Å². The largest absolute Gasteiger partial charge is 0.450 e. The van der Waals surface area contributed by atoms with Crippen molar-refractivity contribution in [3.8, 4) is 0 Å². The van der Waals surface area contributed by atoms with Gasteiger partial charge in [-0.1, -0.05) is 0 Å². The lowest BCUT2D eigenvalue weighted by Crippen LogP contribution is -2.50. The zero-order valence-corrected chi connectivity index (χ0v) is 12.8. The second-order valence-electron chi connectivity index (χ2n) is 4.64. The first-order valence-electron chi connectivity index (χ1n) is 6.68. The first kappa shape index (κ1) is 14.8. The van der Waals surface area contributed by atoms with Gasteiger partial charge in [-0.15, -0.1) is 11.3 Å². The number of carbonyl (C=O) groups is 2. The van der Waals surface area contributed by atoms with Crippen molar-refractivity contribution in [2.24, 2.45) is 0 Å². The van der Waals surface area contributed by atoms with E-state index in [0.29, 0.717) is 37.8 Å². The summed E-state index contributed by atoms with van der Waals surface area (Å²) in [7, 11) is 0. The number of aryl methyl sites for hydroxylation is 2. The highest BCUT2D eigenvalue weighted by atomic mass is 32.1. The average Bonchev–Trinajstić information content (AvgIpc) is 2.78. The molecule has 110 valence electrons. The summed E-state index contributed by atoms with van der Waals surface area (Å²) in [4.78, 5) is 32.6. The van der Waals surface area contributed by atoms with E-state index in [1.54, 1.807) is 16.7 Å². The van der Waals surface area contributed by atoms with E-state index in [0.717, 1.165) is 10.6 Å². The monoisotopic (exact) mass is 297 g/mol. The highest BCUT2D eigenvalue weighted by Crippen LogP contribution is 2.19. The Morgan fingerprint density at radius 1 is 1.20 bits per heavy atom. The third kappa shape index (κ3) is 3.09. The van der Waals surface area contributed by atoms with Crippen LogP contribution in [0.3, 0.4) is 0 Å². The minimum Gasteiger partial charge on any atom is -0.450 e. The molecule has 2 amide bonds. The molecule has 0 radical (unpaired) electrons. The lowest BCUT2D eigenvalue weighted by Gasteiger charge is -2.33. The number of ether oxygens (including phenoxy) is 1. The number of thiazole rings is 1. The molecule has 0 atom stereocenters. The van der Waals surface area contributed by atoms with E-state index in [-0.39, 0.29) is 12.0 Å². The molecule has 2 heterocycles. The lowest BCUT2D eigenvalue weighted by molar-refractivity contribution is 0.0570. The quantitative estimate of drug-likeness (QED) is 0.833. The summed E-state index contributed by atoms with van der Waals surface area (Å²) in [6.07, 6.45) is -0.305. The highest BCUT2D eigenvalue weighted by Gasteiger charge is 2.27. The van der Waals surface area contributed by atoms with Gasteiger partial charge in [0.1, 0.15) is 0 Å². The number of hydrogen-bond donors (Lipinski definition) is 0. The summed E-state index contributed by atoms with van der Waals surface area (Å²) >= 11 is 1.42. The molecule has 1 aliphatic heterocycles. The van der Waals surface area contributed by atoms with Crippen LogP contribution in [0.4, 0.5) is 4.79 Å². The number of carbonyl (C=O) groups excluding carboxylic acids is 2. The van der Waals surface area contributed by atoms with Gasteiger partial charge in [0.2, 0.25) is 0 Å². The number of piperazine rings is 1. The number of rotatable bonds is 2. The maximum Gasteiger partial charge on any atom is 0.409 e. The van der Waals surface area contributed by atoms with Crippen LogP contribution in [0.5, 0.6) is 0 Å². The molecule has 0 aromatic carbocycles. The Morgan fingerprint density at radius 2 is 1.80 bits per heavy atom. The Hall–Kier alpha value is -1.63. The summed E-state index contributed by atoms with van der Waals surface area (Å²) in [5.41, 5.74) is 0.906. The molecule has 6 nitrogen and oxygen atoms in total. The fraction of sp³-hybridized carbons (Fsp3) is 0.615. The molecule has 0 spiro atoms. The Labute approximate surface area is 122 Å². The molecule has 0 aliphatic carbocycles. The number of aromatic nitrogens is 1. The van der Waals surface area contributed by atoms with Crippen molar-refractivity contribution in [1.29, 1.82) is 0 Å². The smallest absolute Gasteiger partial charge is 0.409 e. The Bertz CT molecular complexity index is 487. The summed E-state index contributed by atoms with van der Waals surface area (Å²) in [6.45, 7) is 8.08. The molecular formula is C13H19N3O3S. The van der Waals surface area contributed by atoms with Crippen LogP contribution in [0.1, 0.15) is 27.3 Å². The molecule has 1 saturated heterocycles. The van der Waals surface area contributed by atoms with Crippen LogP contribution >= 0.6 is 11.3 Å². The lowest BCUT2D eigenvalue weighted by atomic mass is 10.3. The zero-order chi connectivity index (χ0) is 14.7. The van der Waals surface area contributed by atoms with Crippen LogP contribution in [0.2, 0.25) is 0 Å². The highest BCUT2D eigenvalue weighted by molar-refractivity contribution is 7.13. The standard InChI is InChI=1S/C13H19N3O3S/c1-4-19-13(18)16-7-5-15(6-8-16)12(17)11-14-9(2)10(3)20-11/h4-8H2,1-3H3. The Balaban J connectivity index is 1.93. The van der Waals surface area contributed by atoms with Crippen LogP contribution in [-0.4, -0.2) is 59.6 Å². The Kier molecular flexibility index (Phi) is 4.59. The van der Waals surface area contributed by atoms with E-state index in [2.05, 4.69) is 4.98 Å². The van der Waals surface area contributed by atoms with E-state index >= 15 is 0 Å². The molecule has 20 heavy (non-hydrogen) atoms.